The minimum absolute atomic E-state index is 0.366. The fourth-order valence-corrected chi connectivity index (χ4v) is 11.2. The number of rotatable bonds is 25. The van der Waals surface area contributed by atoms with Gasteiger partial charge in [0, 0.05) is 110 Å². The zero-order valence-electron chi connectivity index (χ0n) is 63.4. The number of halogens is 1. The number of fused-ring (bicyclic) bond motifs is 1. The molecule has 0 radical (unpaired) electrons. The van der Waals surface area contributed by atoms with Crippen LogP contribution in [0, 0.1) is 6.92 Å². The number of aromatic nitrogens is 1. The van der Waals surface area contributed by atoms with E-state index in [1.165, 1.54) is 61.6 Å². The number of nitrogens with zero attached hydrogens (tertiary/aromatic N) is 1. The average molecular weight is 1410 g/mol. The quantitative estimate of drug-likeness (QED) is 0.0219. The van der Waals surface area contributed by atoms with E-state index in [0.29, 0.717) is 60.3 Å². The van der Waals surface area contributed by atoms with E-state index in [-0.39, 0.29) is 0 Å². The lowest BCUT2D eigenvalue weighted by molar-refractivity contribution is 0.412. The fraction of sp³-hybridized carbons (Fsp3) is 0.407. The second-order valence-corrected chi connectivity index (χ2v) is 28.9. The lowest BCUT2D eigenvalue weighted by Crippen LogP contribution is -2.25. The van der Waals surface area contributed by atoms with Crippen molar-refractivity contribution in [2.45, 2.75) is 217 Å². The summed E-state index contributed by atoms with van der Waals surface area (Å²) in [6.07, 6.45) is 4.26. The van der Waals surface area contributed by atoms with Gasteiger partial charge in [-0.15, -0.1) is 11.8 Å². The van der Waals surface area contributed by atoms with Gasteiger partial charge in [-0.25, -0.2) is 0 Å². The molecule has 7 N–H and O–H groups in total. The molecule has 1 aromatic heterocycles. The Bertz CT molecular complexity index is 3480. The number of ether oxygens (including phenoxy) is 2. The van der Waals surface area contributed by atoms with Gasteiger partial charge in [0.2, 0.25) is 0 Å². The third kappa shape index (κ3) is 37.0. The number of para-hydroxylation sites is 4. The van der Waals surface area contributed by atoms with Gasteiger partial charge in [-0.3, -0.25) is 4.98 Å². The molecule has 0 fully saturated rings. The smallest absolute Gasteiger partial charge is 0.127 e. The van der Waals surface area contributed by atoms with Gasteiger partial charge in [0.1, 0.15) is 17.2 Å². The first-order chi connectivity index (χ1) is 46.8. The molecule has 1 unspecified atom stereocenters. The average Bonchev–Trinajstić information content (AvgIpc) is 0.841. The third-order valence-electron chi connectivity index (χ3n) is 14.5. The molecule has 2 atom stereocenters. The molecule has 0 saturated carbocycles. The predicted molar refractivity (Wildman–Crippen MR) is 436 cm³/mol. The number of pyridine rings is 1. The van der Waals surface area contributed by atoms with Crippen molar-refractivity contribution in [1.82, 2.24) is 20.9 Å². The van der Waals surface area contributed by atoms with Crippen molar-refractivity contribution in [3.63, 3.8) is 0 Å². The number of hydrogen-bond acceptors (Lipinski definition) is 11. The molecule has 0 bridgehead atoms. The highest BCUT2D eigenvalue weighted by molar-refractivity contribution is 9.10. The number of aryl methyl sites for hydroxylation is 2. The van der Waals surface area contributed by atoms with E-state index in [1.807, 2.05) is 90.8 Å². The monoisotopic (exact) mass is 1410 g/mol. The first-order valence-corrected chi connectivity index (χ1v) is 37.3. The molecule has 9 aromatic rings. The lowest BCUT2D eigenvalue weighted by atomic mass is 10.0. The zero-order valence-corrected chi connectivity index (χ0v) is 65.8. The molecule has 0 aliphatic heterocycles. The Kier molecular flexibility index (Phi) is 42.0. The third-order valence-corrected chi connectivity index (χ3v) is 16.1. The van der Waals surface area contributed by atoms with Crippen molar-refractivity contribution in [3.05, 3.63) is 245 Å². The number of methoxy groups -OCH3 is 1. The van der Waals surface area contributed by atoms with E-state index in [1.54, 1.807) is 7.11 Å². The summed E-state index contributed by atoms with van der Waals surface area (Å²) >= 11 is 5.31. The van der Waals surface area contributed by atoms with Crippen LogP contribution in [0.15, 0.2) is 222 Å². The molecule has 0 amide bonds. The molecular formula is C86H123BrN8O2S. The second-order valence-electron chi connectivity index (χ2n) is 26.8. The molecule has 0 spiro atoms. The standard InChI is InChI=1S/C15H17NO.C14H18N2S.C12H19NO.2C12H19N.C11H16BrN.C10H15N/c1-12(2)16-13-8-10-15(11-9-13)17-14-6-4-3-5-7-14;1-11(2)15-9-10-17-14-7-8-16-13-6-4-3-5-12(13)14;1-9(2)13-10(3)11-6-5-7-12(8-11)14-4;1-9(2)11-7-5-6-8-12(11)13-10(3)4;1-4-7-11-8-5-6-9-12(11)13-10(2)3;1-8(2)13-9(3)10-4-6-11(12)7-5-10;1-8(2)11-10-6-4-9(3)5-7-10/h3-12,16H,1-2H3;3-8,11,15H,9-10H2,1-2H3;5-10,13H,1-4H3;5-10,13H,1-4H3;5-6,8-10,13H,4,7H2,1-3H3;4-9,13H,1-3H3;4-8,11H,1-3H3/t;;10-;;;;/m..1..../s1. The van der Waals surface area contributed by atoms with Crippen LogP contribution in [0.2, 0.25) is 0 Å². The number of nitrogens with one attached hydrogen (secondary N) is 7. The summed E-state index contributed by atoms with van der Waals surface area (Å²) < 4.78 is 12.0. The SMILES string of the molecule is CC(C)NC(C)c1ccc(Br)cc1.CC(C)NCCSc1ccnc2ccccc12.CC(C)Nc1ccc(Oc2ccccc2)cc1.CC(C)Nc1ccccc1C(C)C.CCCc1ccccc1NC(C)C.COc1cccc([C@@H](C)NC(C)C)c1.Cc1ccc(NC(C)C)cc1. The van der Waals surface area contributed by atoms with Gasteiger partial charge < -0.3 is 46.7 Å². The van der Waals surface area contributed by atoms with Crippen LogP contribution < -0.4 is 46.7 Å². The molecule has 12 heteroatoms. The normalized spacial score (nSPS) is 11.3. The van der Waals surface area contributed by atoms with E-state index in [0.717, 1.165) is 51.6 Å². The van der Waals surface area contributed by atoms with Crippen LogP contribution in [0.25, 0.3) is 10.9 Å². The van der Waals surface area contributed by atoms with Crippen LogP contribution in [0.1, 0.15) is 184 Å². The molecule has 98 heavy (non-hydrogen) atoms. The minimum atomic E-state index is 0.366. The number of benzene rings is 8. The van der Waals surface area contributed by atoms with E-state index in [2.05, 4.69) is 330 Å². The van der Waals surface area contributed by atoms with Gasteiger partial charge in [0.15, 0.2) is 0 Å². The van der Waals surface area contributed by atoms with Gasteiger partial charge in [0.05, 0.1) is 12.6 Å². The van der Waals surface area contributed by atoms with Crippen molar-refractivity contribution >= 4 is 61.3 Å². The van der Waals surface area contributed by atoms with E-state index in [4.69, 9.17) is 9.47 Å². The van der Waals surface area contributed by atoms with Crippen molar-refractivity contribution in [2.24, 2.45) is 0 Å². The maximum absolute atomic E-state index is 5.71. The van der Waals surface area contributed by atoms with Crippen molar-refractivity contribution in [1.29, 1.82) is 0 Å². The fourth-order valence-electron chi connectivity index (χ4n) is 10.0. The summed E-state index contributed by atoms with van der Waals surface area (Å²) in [4.78, 5) is 5.69. The summed E-state index contributed by atoms with van der Waals surface area (Å²) in [5, 5.41) is 25.2. The number of hydrogen-bond donors (Lipinski definition) is 7. The Morgan fingerprint density at radius 3 is 1.50 bits per heavy atom. The molecule has 8 aromatic carbocycles. The highest BCUT2D eigenvalue weighted by atomic mass is 79.9. The van der Waals surface area contributed by atoms with Crippen molar-refractivity contribution in [2.75, 3.05) is 40.7 Å². The van der Waals surface area contributed by atoms with Crippen LogP contribution >= 0.6 is 27.7 Å². The largest absolute Gasteiger partial charge is 0.497 e. The molecule has 0 saturated heterocycles. The van der Waals surface area contributed by atoms with Gasteiger partial charge in [-0.1, -0.05) is 199 Å². The Morgan fingerprint density at radius 1 is 0.449 bits per heavy atom. The second kappa shape index (κ2) is 48.4. The first-order valence-electron chi connectivity index (χ1n) is 35.5. The molecule has 10 nitrogen and oxygen atoms in total. The highest BCUT2D eigenvalue weighted by Crippen LogP contribution is 2.28. The van der Waals surface area contributed by atoms with Crippen molar-refractivity contribution < 1.29 is 9.47 Å². The number of thioether (sulfide) groups is 1. The first kappa shape index (κ1) is 84.9. The zero-order chi connectivity index (χ0) is 72.4. The molecule has 532 valence electrons. The van der Waals surface area contributed by atoms with Gasteiger partial charge >= 0.3 is 0 Å². The summed E-state index contributed by atoms with van der Waals surface area (Å²) in [7, 11) is 1.69. The summed E-state index contributed by atoms with van der Waals surface area (Å²) in [5.41, 5.74) is 12.7. The molecule has 1 heterocycles. The van der Waals surface area contributed by atoms with Gasteiger partial charge in [0.25, 0.3) is 0 Å². The van der Waals surface area contributed by atoms with E-state index >= 15 is 0 Å². The Labute approximate surface area is 607 Å². The highest BCUT2D eigenvalue weighted by Gasteiger charge is 2.10. The summed E-state index contributed by atoms with van der Waals surface area (Å²) in [6.45, 7) is 44.3. The van der Waals surface area contributed by atoms with Crippen LogP contribution in [0.5, 0.6) is 17.2 Å². The summed E-state index contributed by atoms with van der Waals surface area (Å²) in [6, 6.07) is 74.6. The molecule has 9 rings (SSSR count). The predicted octanol–water partition coefficient (Wildman–Crippen LogP) is 23.8. The Morgan fingerprint density at radius 2 is 0.949 bits per heavy atom. The molecular weight excluding hydrogens is 1290 g/mol. The van der Waals surface area contributed by atoms with E-state index in [9.17, 15) is 0 Å². The maximum atomic E-state index is 5.71. The number of anilines is 4. The van der Waals surface area contributed by atoms with Crippen LogP contribution in [-0.4, -0.2) is 66.7 Å². The van der Waals surface area contributed by atoms with Crippen LogP contribution in [-0.2, 0) is 6.42 Å². The Balaban J connectivity index is 0.000000299. The van der Waals surface area contributed by atoms with Gasteiger partial charge in [-0.05, 0) is 208 Å². The van der Waals surface area contributed by atoms with Crippen LogP contribution in [0.3, 0.4) is 0 Å². The Hall–Kier alpha value is -7.32. The topological polar surface area (TPSA) is 116 Å². The van der Waals surface area contributed by atoms with Crippen LogP contribution in [0.4, 0.5) is 22.7 Å². The van der Waals surface area contributed by atoms with E-state index < -0.39 is 0 Å². The summed E-state index contributed by atoms with van der Waals surface area (Å²) in [5.74, 6) is 4.30. The minimum Gasteiger partial charge on any atom is -0.497 e. The van der Waals surface area contributed by atoms with Gasteiger partial charge in [-0.2, -0.15) is 0 Å². The molecule has 0 aliphatic rings. The lowest BCUT2D eigenvalue weighted by Gasteiger charge is -2.17. The van der Waals surface area contributed by atoms with Crippen molar-refractivity contribution in [3.8, 4) is 17.2 Å². The maximum Gasteiger partial charge on any atom is 0.127 e. The molecule has 0 aliphatic carbocycles.